The van der Waals surface area contributed by atoms with Gasteiger partial charge in [-0.15, -0.1) is 0 Å². The molecule has 9 heteroatoms. The van der Waals surface area contributed by atoms with Crippen molar-refractivity contribution in [2.75, 3.05) is 26.8 Å². The van der Waals surface area contributed by atoms with Crippen LogP contribution in [0.25, 0.3) is 0 Å². The van der Waals surface area contributed by atoms with Crippen LogP contribution >= 0.6 is 0 Å². The quantitative estimate of drug-likeness (QED) is 0.420. The molecule has 1 aliphatic rings. The Balaban J connectivity index is 1.51. The van der Waals surface area contributed by atoms with Crippen molar-refractivity contribution in [3.05, 3.63) is 59.2 Å². The number of nitrogens with zero attached hydrogens (tertiary/aromatic N) is 1. The van der Waals surface area contributed by atoms with Gasteiger partial charge in [0.1, 0.15) is 11.9 Å². The molecule has 0 spiro atoms. The third-order valence-electron chi connectivity index (χ3n) is 5.03. The Morgan fingerprint density at radius 1 is 1.23 bits per heavy atom. The molecule has 1 aliphatic heterocycles. The Bertz CT molecular complexity index is 1000. The van der Waals surface area contributed by atoms with Crippen molar-refractivity contribution in [1.82, 2.24) is 10.6 Å². The van der Waals surface area contributed by atoms with Crippen LogP contribution in [0.3, 0.4) is 0 Å². The molecule has 0 amide bonds. The average Bonchev–Trinajstić information content (AvgIpc) is 3.24. The molecule has 31 heavy (non-hydrogen) atoms. The molecule has 168 valence electrons. The molecule has 3 rings (SSSR count). The van der Waals surface area contributed by atoms with Gasteiger partial charge in [-0.1, -0.05) is 24.3 Å². The second kappa shape index (κ2) is 10.6. The lowest BCUT2D eigenvalue weighted by Gasteiger charge is -2.18. The fourth-order valence-corrected chi connectivity index (χ4v) is 3.79. The number of hydrogen-bond acceptors (Lipinski definition) is 5. The van der Waals surface area contributed by atoms with Crippen LogP contribution in [0.1, 0.15) is 23.1 Å². The summed E-state index contributed by atoms with van der Waals surface area (Å²) >= 11 is 0. The Morgan fingerprint density at radius 2 is 2.00 bits per heavy atom. The summed E-state index contributed by atoms with van der Waals surface area (Å²) in [6.45, 7) is 4.63. The second-order valence-corrected chi connectivity index (χ2v) is 9.07. The van der Waals surface area contributed by atoms with Crippen LogP contribution in [0.5, 0.6) is 5.75 Å². The van der Waals surface area contributed by atoms with Crippen molar-refractivity contribution in [3.8, 4) is 5.75 Å². The predicted molar refractivity (Wildman–Crippen MR) is 121 cm³/mol. The third kappa shape index (κ3) is 6.95. The maximum absolute atomic E-state index is 11.3. The number of primary sulfonamides is 1. The largest absolute Gasteiger partial charge is 0.488 e. The van der Waals surface area contributed by atoms with Gasteiger partial charge in [0, 0.05) is 32.1 Å². The Labute approximate surface area is 183 Å². The zero-order chi connectivity index (χ0) is 22.3. The van der Waals surface area contributed by atoms with E-state index >= 15 is 0 Å². The zero-order valence-corrected chi connectivity index (χ0v) is 18.7. The van der Waals surface area contributed by atoms with E-state index in [1.165, 1.54) is 12.1 Å². The van der Waals surface area contributed by atoms with Gasteiger partial charge in [-0.05, 0) is 42.7 Å². The zero-order valence-electron chi connectivity index (χ0n) is 17.9. The summed E-state index contributed by atoms with van der Waals surface area (Å²) in [5.74, 6) is 1.55. The minimum atomic E-state index is -3.67. The van der Waals surface area contributed by atoms with Crippen LogP contribution in [0.2, 0.25) is 0 Å². The lowest BCUT2D eigenvalue weighted by Crippen LogP contribution is -2.38. The summed E-state index contributed by atoms with van der Waals surface area (Å²) in [5, 5.41) is 11.7. The lowest BCUT2D eigenvalue weighted by atomic mass is 10.1. The summed E-state index contributed by atoms with van der Waals surface area (Å²) < 4.78 is 34.2. The molecule has 0 aromatic heterocycles. The van der Waals surface area contributed by atoms with Gasteiger partial charge in [0.25, 0.3) is 0 Å². The van der Waals surface area contributed by atoms with E-state index in [4.69, 9.17) is 14.6 Å². The van der Waals surface area contributed by atoms with E-state index in [0.717, 1.165) is 35.5 Å². The molecular formula is C22H30N4O4S. The monoisotopic (exact) mass is 446 g/mol. The van der Waals surface area contributed by atoms with Crippen LogP contribution in [-0.4, -0.2) is 47.3 Å². The van der Waals surface area contributed by atoms with Crippen molar-refractivity contribution in [2.45, 2.75) is 37.3 Å². The van der Waals surface area contributed by atoms with E-state index < -0.39 is 10.0 Å². The molecule has 1 atom stereocenters. The number of benzene rings is 2. The third-order valence-corrected chi connectivity index (χ3v) is 5.96. The highest BCUT2D eigenvalue weighted by atomic mass is 32.2. The van der Waals surface area contributed by atoms with Crippen molar-refractivity contribution in [1.29, 1.82) is 0 Å². The first-order valence-corrected chi connectivity index (χ1v) is 11.8. The first-order valence-electron chi connectivity index (χ1n) is 10.3. The number of nitrogens with two attached hydrogens (primary N) is 1. The molecule has 1 fully saturated rings. The van der Waals surface area contributed by atoms with Gasteiger partial charge in [-0.25, -0.2) is 13.6 Å². The van der Waals surface area contributed by atoms with Gasteiger partial charge in [-0.2, -0.15) is 0 Å². The van der Waals surface area contributed by atoms with Crippen LogP contribution in [-0.2, 0) is 27.7 Å². The number of guanidine groups is 1. The summed E-state index contributed by atoms with van der Waals surface area (Å²) in [4.78, 5) is 4.38. The van der Waals surface area contributed by atoms with Crippen LogP contribution in [0.4, 0.5) is 0 Å². The number of hydrogen-bond donors (Lipinski definition) is 3. The average molecular weight is 447 g/mol. The topological polar surface area (TPSA) is 115 Å². The second-order valence-electron chi connectivity index (χ2n) is 7.51. The van der Waals surface area contributed by atoms with Gasteiger partial charge in [0.2, 0.25) is 10.0 Å². The van der Waals surface area contributed by atoms with E-state index in [-0.39, 0.29) is 11.0 Å². The molecule has 1 unspecified atom stereocenters. The molecule has 4 N–H and O–H groups in total. The van der Waals surface area contributed by atoms with Crippen LogP contribution in [0.15, 0.2) is 52.4 Å². The van der Waals surface area contributed by atoms with Crippen molar-refractivity contribution >= 4 is 16.0 Å². The number of ether oxygens (including phenoxy) is 2. The van der Waals surface area contributed by atoms with E-state index in [0.29, 0.717) is 32.1 Å². The summed E-state index contributed by atoms with van der Waals surface area (Å²) in [5.41, 5.74) is 3.20. The molecule has 2 aromatic rings. The smallest absolute Gasteiger partial charge is 0.238 e. The summed E-state index contributed by atoms with van der Waals surface area (Å²) in [6.07, 6.45) is 1.72. The van der Waals surface area contributed by atoms with E-state index in [1.54, 1.807) is 19.2 Å². The number of rotatable bonds is 8. The van der Waals surface area contributed by atoms with Crippen molar-refractivity contribution in [2.24, 2.45) is 10.1 Å². The Hall–Kier alpha value is -2.62. The molecule has 0 aliphatic carbocycles. The number of aryl methyl sites for hydroxylation is 1. The van der Waals surface area contributed by atoms with E-state index in [2.05, 4.69) is 33.8 Å². The number of sulfonamides is 1. The molecule has 0 saturated carbocycles. The van der Waals surface area contributed by atoms with Gasteiger partial charge in [0.15, 0.2) is 5.96 Å². The molecule has 1 saturated heterocycles. The van der Waals surface area contributed by atoms with E-state index in [9.17, 15) is 8.42 Å². The predicted octanol–water partition coefficient (Wildman–Crippen LogP) is 1.72. The lowest BCUT2D eigenvalue weighted by molar-refractivity contribution is 0.140. The minimum absolute atomic E-state index is 0.0960. The molecule has 0 bridgehead atoms. The highest BCUT2D eigenvalue weighted by molar-refractivity contribution is 7.89. The van der Waals surface area contributed by atoms with Crippen LogP contribution in [0, 0.1) is 6.92 Å². The van der Waals surface area contributed by atoms with Gasteiger partial charge in [0.05, 0.1) is 18.1 Å². The molecule has 8 nitrogen and oxygen atoms in total. The number of aliphatic imine (C=N–C) groups is 1. The van der Waals surface area contributed by atoms with Crippen molar-refractivity contribution < 1.29 is 17.9 Å². The summed E-state index contributed by atoms with van der Waals surface area (Å²) in [6, 6.07) is 12.7. The summed E-state index contributed by atoms with van der Waals surface area (Å²) in [7, 11) is -1.95. The first-order chi connectivity index (χ1) is 14.8. The molecule has 0 radical (unpaired) electrons. The maximum atomic E-state index is 11.3. The van der Waals surface area contributed by atoms with E-state index in [1.807, 2.05) is 6.92 Å². The molecular weight excluding hydrogens is 416 g/mol. The molecule has 1 heterocycles. The van der Waals surface area contributed by atoms with Gasteiger partial charge >= 0.3 is 0 Å². The Kier molecular flexibility index (Phi) is 7.89. The first kappa shape index (κ1) is 23.1. The number of nitrogens with one attached hydrogen (secondary N) is 2. The Morgan fingerprint density at radius 3 is 2.65 bits per heavy atom. The minimum Gasteiger partial charge on any atom is -0.488 e. The SMILES string of the molecule is CN=C(NCCc1ccc(S(N)(=O)=O)cc1)NCc1ccc(C)cc1OC1CCOC1. The normalized spacial score (nSPS) is 16.9. The fraction of sp³-hybridized carbons (Fsp3) is 0.409. The van der Waals surface area contributed by atoms with Crippen LogP contribution < -0.4 is 20.5 Å². The standard InChI is InChI=1S/C22H30N4O4S/c1-16-3-6-18(21(13-16)30-19-10-12-29-15-19)14-26-22(24-2)25-11-9-17-4-7-20(8-5-17)31(23,27)28/h3-8,13,19H,9-12,14-15H2,1-2H3,(H2,23,27,28)(H2,24,25,26). The maximum Gasteiger partial charge on any atom is 0.238 e. The van der Waals surface area contributed by atoms with Crippen molar-refractivity contribution in [3.63, 3.8) is 0 Å². The van der Waals surface area contributed by atoms with Gasteiger partial charge < -0.3 is 20.1 Å². The fourth-order valence-electron chi connectivity index (χ4n) is 3.27. The molecule has 2 aromatic carbocycles. The highest BCUT2D eigenvalue weighted by Gasteiger charge is 2.18. The highest BCUT2D eigenvalue weighted by Crippen LogP contribution is 2.23. The van der Waals surface area contributed by atoms with Gasteiger partial charge in [-0.3, -0.25) is 4.99 Å².